The molecule has 0 fully saturated rings. The quantitative estimate of drug-likeness (QED) is 0.215. The molecule has 0 spiro atoms. The van der Waals surface area contributed by atoms with E-state index in [1.54, 1.807) is 0 Å². The van der Waals surface area contributed by atoms with E-state index in [-0.39, 0.29) is 0 Å². The van der Waals surface area contributed by atoms with Crippen molar-refractivity contribution in [2.45, 2.75) is 13.2 Å². The largest absolute Gasteiger partial charge is 0.491 e. The van der Waals surface area contributed by atoms with Crippen LogP contribution in [0.15, 0.2) is 109 Å². The van der Waals surface area contributed by atoms with Crippen LogP contribution in [0.2, 0.25) is 0 Å². The van der Waals surface area contributed by atoms with Gasteiger partial charge in [-0.2, -0.15) is 0 Å². The number of benzene rings is 4. The Balaban J connectivity index is 1.14. The fraction of sp³-hybridized carbons (Fsp3) is 0.200. The average molecular weight is 455 g/mol. The highest BCUT2D eigenvalue weighted by molar-refractivity contribution is 5.64. The van der Waals surface area contributed by atoms with Crippen molar-refractivity contribution in [2.24, 2.45) is 0 Å². The predicted molar refractivity (Wildman–Crippen MR) is 135 cm³/mol. The molecule has 34 heavy (non-hydrogen) atoms. The fourth-order valence-corrected chi connectivity index (χ4v) is 3.45. The highest BCUT2D eigenvalue weighted by Gasteiger charge is 2.01. The Labute approximate surface area is 201 Å². The van der Waals surface area contributed by atoms with Crippen LogP contribution < -0.4 is 9.47 Å². The molecule has 0 aliphatic rings. The molecular formula is C30H30O4. The molecular weight excluding hydrogens is 424 g/mol. The van der Waals surface area contributed by atoms with Crippen molar-refractivity contribution in [1.82, 2.24) is 0 Å². The maximum absolute atomic E-state index is 5.79. The Kier molecular flexibility index (Phi) is 9.14. The molecule has 0 radical (unpaired) electrons. The third-order valence-corrected chi connectivity index (χ3v) is 5.26. The lowest BCUT2D eigenvalue weighted by atomic mass is 10.1. The Morgan fingerprint density at radius 1 is 0.382 bits per heavy atom. The summed E-state index contributed by atoms with van der Waals surface area (Å²) in [4.78, 5) is 0. The first-order valence-corrected chi connectivity index (χ1v) is 11.6. The zero-order chi connectivity index (χ0) is 23.3. The zero-order valence-corrected chi connectivity index (χ0v) is 19.3. The van der Waals surface area contributed by atoms with Crippen LogP contribution in [0, 0.1) is 0 Å². The first kappa shape index (κ1) is 23.6. The standard InChI is InChI=1S/C30H30O4/c1-3-7-25(8-4-1)23-31-19-21-33-29-15-11-27(12-16-29)28-13-17-30(18-14-28)34-22-20-32-24-26-9-5-2-6-10-26/h1-18H,19-24H2. The molecule has 4 nitrogen and oxygen atoms in total. The predicted octanol–water partition coefficient (Wildman–Crippen LogP) is 6.54. The van der Waals surface area contributed by atoms with Crippen LogP contribution in [0.25, 0.3) is 11.1 Å². The van der Waals surface area contributed by atoms with Gasteiger partial charge in [-0.3, -0.25) is 0 Å². The molecule has 174 valence electrons. The van der Waals surface area contributed by atoms with E-state index in [0.717, 1.165) is 22.6 Å². The molecule has 4 aromatic rings. The van der Waals surface area contributed by atoms with E-state index in [0.29, 0.717) is 39.6 Å². The molecule has 0 aliphatic heterocycles. The summed E-state index contributed by atoms with van der Waals surface area (Å²) in [7, 11) is 0. The highest BCUT2D eigenvalue weighted by atomic mass is 16.5. The van der Waals surface area contributed by atoms with Crippen molar-refractivity contribution in [3.63, 3.8) is 0 Å². The van der Waals surface area contributed by atoms with E-state index in [2.05, 4.69) is 48.5 Å². The minimum atomic E-state index is 0.521. The van der Waals surface area contributed by atoms with Gasteiger partial charge in [0.25, 0.3) is 0 Å². The van der Waals surface area contributed by atoms with Crippen molar-refractivity contribution >= 4 is 0 Å². The van der Waals surface area contributed by atoms with Gasteiger partial charge < -0.3 is 18.9 Å². The topological polar surface area (TPSA) is 36.9 Å². The smallest absolute Gasteiger partial charge is 0.119 e. The number of ether oxygens (including phenoxy) is 4. The second kappa shape index (κ2) is 13.2. The van der Waals surface area contributed by atoms with Crippen LogP contribution in [0.4, 0.5) is 0 Å². The Bertz CT molecular complexity index is 987. The number of hydrogen-bond acceptors (Lipinski definition) is 4. The molecule has 0 aromatic heterocycles. The first-order chi connectivity index (χ1) is 16.9. The van der Waals surface area contributed by atoms with Crippen molar-refractivity contribution in [3.05, 3.63) is 120 Å². The molecule has 0 heterocycles. The van der Waals surface area contributed by atoms with Gasteiger partial charge >= 0.3 is 0 Å². The molecule has 0 N–H and O–H groups in total. The van der Waals surface area contributed by atoms with Gasteiger partial charge in [0.2, 0.25) is 0 Å². The van der Waals surface area contributed by atoms with Gasteiger partial charge in [-0.1, -0.05) is 84.9 Å². The maximum atomic E-state index is 5.79. The lowest BCUT2D eigenvalue weighted by Gasteiger charge is -2.10. The molecule has 0 unspecified atom stereocenters. The van der Waals surface area contributed by atoms with E-state index in [1.165, 1.54) is 11.1 Å². The monoisotopic (exact) mass is 454 g/mol. The lowest BCUT2D eigenvalue weighted by Crippen LogP contribution is -2.06. The summed E-state index contributed by atoms with van der Waals surface area (Å²) in [6.45, 7) is 3.35. The van der Waals surface area contributed by atoms with Crippen LogP contribution in [0.1, 0.15) is 11.1 Å². The van der Waals surface area contributed by atoms with Gasteiger partial charge in [-0.25, -0.2) is 0 Å². The van der Waals surface area contributed by atoms with Crippen LogP contribution in [-0.2, 0) is 22.7 Å². The molecule has 0 aliphatic carbocycles. The van der Waals surface area contributed by atoms with Gasteiger partial charge in [0.1, 0.15) is 24.7 Å². The minimum Gasteiger partial charge on any atom is -0.491 e. The molecule has 0 saturated carbocycles. The summed E-state index contributed by atoms with van der Waals surface area (Å²) in [6, 6.07) is 36.5. The molecule has 0 amide bonds. The zero-order valence-electron chi connectivity index (χ0n) is 19.3. The van der Waals surface area contributed by atoms with E-state index in [4.69, 9.17) is 18.9 Å². The third-order valence-electron chi connectivity index (χ3n) is 5.26. The molecule has 4 rings (SSSR count). The van der Waals surface area contributed by atoms with Crippen LogP contribution in [0.5, 0.6) is 11.5 Å². The lowest BCUT2D eigenvalue weighted by molar-refractivity contribution is 0.0889. The van der Waals surface area contributed by atoms with Crippen molar-refractivity contribution in [3.8, 4) is 22.6 Å². The second-order valence-corrected chi connectivity index (χ2v) is 7.82. The summed E-state index contributed by atoms with van der Waals surface area (Å²) >= 11 is 0. The summed E-state index contributed by atoms with van der Waals surface area (Å²) in [5, 5.41) is 0. The first-order valence-electron chi connectivity index (χ1n) is 11.6. The minimum absolute atomic E-state index is 0.521. The Morgan fingerprint density at radius 2 is 0.765 bits per heavy atom. The van der Waals surface area contributed by atoms with Crippen LogP contribution in [-0.4, -0.2) is 26.4 Å². The highest BCUT2D eigenvalue weighted by Crippen LogP contribution is 2.24. The van der Waals surface area contributed by atoms with Crippen LogP contribution >= 0.6 is 0 Å². The summed E-state index contributed by atoms with van der Waals surface area (Å²) in [6.07, 6.45) is 0. The van der Waals surface area contributed by atoms with Gasteiger partial charge in [-0.15, -0.1) is 0 Å². The third kappa shape index (κ3) is 7.77. The summed E-state index contributed by atoms with van der Waals surface area (Å²) < 4.78 is 22.9. The summed E-state index contributed by atoms with van der Waals surface area (Å²) in [5.74, 6) is 1.67. The average Bonchev–Trinajstić information content (AvgIpc) is 2.90. The Hall–Kier alpha value is -3.60. The van der Waals surface area contributed by atoms with Crippen LogP contribution in [0.3, 0.4) is 0 Å². The number of hydrogen-bond donors (Lipinski definition) is 0. The van der Waals surface area contributed by atoms with E-state index in [9.17, 15) is 0 Å². The molecule has 0 atom stereocenters. The normalized spacial score (nSPS) is 10.7. The van der Waals surface area contributed by atoms with Crippen molar-refractivity contribution in [2.75, 3.05) is 26.4 Å². The molecule has 4 aromatic carbocycles. The van der Waals surface area contributed by atoms with Gasteiger partial charge in [0.15, 0.2) is 0 Å². The summed E-state index contributed by atoms with van der Waals surface area (Å²) in [5.41, 5.74) is 4.59. The van der Waals surface area contributed by atoms with E-state index in [1.807, 2.05) is 60.7 Å². The van der Waals surface area contributed by atoms with E-state index >= 15 is 0 Å². The van der Waals surface area contributed by atoms with Crippen molar-refractivity contribution in [1.29, 1.82) is 0 Å². The second-order valence-electron chi connectivity index (χ2n) is 7.82. The Morgan fingerprint density at radius 3 is 1.15 bits per heavy atom. The molecule has 4 heteroatoms. The van der Waals surface area contributed by atoms with Gasteiger partial charge in [0, 0.05) is 0 Å². The molecule has 0 bridgehead atoms. The van der Waals surface area contributed by atoms with Gasteiger partial charge in [0.05, 0.1) is 26.4 Å². The maximum Gasteiger partial charge on any atom is 0.119 e. The fourth-order valence-electron chi connectivity index (χ4n) is 3.45. The molecule has 0 saturated heterocycles. The SMILES string of the molecule is c1ccc(COCCOc2ccc(-c3ccc(OCCOCc4ccccc4)cc3)cc2)cc1. The van der Waals surface area contributed by atoms with E-state index < -0.39 is 0 Å². The van der Waals surface area contributed by atoms with Gasteiger partial charge in [-0.05, 0) is 46.5 Å². The van der Waals surface area contributed by atoms with Crippen molar-refractivity contribution < 1.29 is 18.9 Å². The number of rotatable bonds is 13.